The molecule has 0 bridgehead atoms. The molecule has 2 aromatic carbocycles. The molecule has 7 heteroatoms. The summed E-state index contributed by atoms with van der Waals surface area (Å²) in [6.45, 7) is 3.50. The third-order valence-corrected chi connectivity index (χ3v) is 6.99. The Morgan fingerprint density at radius 3 is 2.52 bits per heavy atom. The summed E-state index contributed by atoms with van der Waals surface area (Å²) in [5, 5.41) is 0. The highest BCUT2D eigenvalue weighted by Crippen LogP contribution is 2.24. The van der Waals surface area contributed by atoms with Crippen LogP contribution in [0, 0.1) is 3.57 Å². The zero-order valence-corrected chi connectivity index (χ0v) is 18.4. The predicted molar refractivity (Wildman–Crippen MR) is 115 cm³/mol. The molecule has 0 spiro atoms. The number of hydrogen-bond donors (Lipinski definition) is 1. The van der Waals surface area contributed by atoms with Gasteiger partial charge in [-0.25, -0.2) is 13.1 Å². The number of hydrogen-bond acceptors (Lipinski definition) is 4. The minimum Gasteiger partial charge on any atom is -0.496 e. The van der Waals surface area contributed by atoms with E-state index in [4.69, 9.17) is 4.74 Å². The van der Waals surface area contributed by atoms with Gasteiger partial charge < -0.3 is 4.74 Å². The largest absolute Gasteiger partial charge is 0.496 e. The Bertz CT molecular complexity index is 881. The second-order valence-electron chi connectivity index (χ2n) is 6.78. The van der Waals surface area contributed by atoms with E-state index in [0.29, 0.717) is 5.75 Å². The Morgan fingerprint density at radius 1 is 1.07 bits per heavy atom. The van der Waals surface area contributed by atoms with Gasteiger partial charge in [0.05, 0.1) is 15.6 Å². The number of sulfonamides is 1. The first kappa shape index (κ1) is 20.6. The number of methoxy groups -OCH3 is 1. The van der Waals surface area contributed by atoms with Crippen molar-refractivity contribution < 1.29 is 13.2 Å². The number of nitrogens with zero attached hydrogens (tertiary/aromatic N) is 1. The van der Waals surface area contributed by atoms with Crippen LogP contribution in [0.3, 0.4) is 0 Å². The van der Waals surface area contributed by atoms with Crippen LogP contribution in [0.25, 0.3) is 0 Å². The van der Waals surface area contributed by atoms with Crippen molar-refractivity contribution in [1.29, 1.82) is 0 Å². The van der Waals surface area contributed by atoms with Crippen LogP contribution in [0.5, 0.6) is 5.75 Å². The van der Waals surface area contributed by atoms with Crippen molar-refractivity contribution in [2.45, 2.75) is 37.2 Å². The fourth-order valence-corrected chi connectivity index (χ4v) is 5.28. The Balaban J connectivity index is 1.65. The van der Waals surface area contributed by atoms with Crippen LogP contribution >= 0.6 is 22.6 Å². The Morgan fingerprint density at radius 2 is 1.81 bits per heavy atom. The maximum Gasteiger partial charge on any atom is 0.240 e. The third kappa shape index (κ3) is 5.66. The maximum atomic E-state index is 12.6. The van der Waals surface area contributed by atoms with Gasteiger partial charge in [-0.3, -0.25) is 4.90 Å². The monoisotopic (exact) mass is 500 g/mol. The fraction of sp³-hybridized carbons (Fsp3) is 0.400. The van der Waals surface area contributed by atoms with E-state index in [1.54, 1.807) is 25.3 Å². The van der Waals surface area contributed by atoms with Crippen molar-refractivity contribution in [3.05, 3.63) is 57.2 Å². The summed E-state index contributed by atoms with van der Waals surface area (Å²) in [6.07, 6.45) is 3.85. The van der Waals surface area contributed by atoms with Gasteiger partial charge in [0.15, 0.2) is 0 Å². The molecular formula is C20H25IN2O3S. The number of nitrogens with one attached hydrogen (secondary N) is 1. The van der Waals surface area contributed by atoms with Crippen molar-refractivity contribution in [2.24, 2.45) is 0 Å². The first-order chi connectivity index (χ1) is 13.0. The molecule has 1 aliphatic heterocycles. The number of ether oxygens (including phenoxy) is 1. The average molecular weight is 500 g/mol. The summed E-state index contributed by atoms with van der Waals surface area (Å²) in [5.74, 6) is 0.667. The van der Waals surface area contributed by atoms with E-state index in [1.807, 2.05) is 12.1 Å². The van der Waals surface area contributed by atoms with Crippen LogP contribution in [-0.4, -0.2) is 33.5 Å². The maximum absolute atomic E-state index is 12.6. The second kappa shape index (κ2) is 9.36. The standard InChI is InChI=1S/C20H25IN2O3S/c1-26-20-9-8-18(13-19(20)21)27(24,25)22-14-16-6-5-7-17(12-16)15-23-10-3-2-4-11-23/h5-9,12-13,22H,2-4,10-11,14-15H2,1H3. The fourth-order valence-electron chi connectivity index (χ4n) is 3.29. The molecular weight excluding hydrogens is 475 g/mol. The van der Waals surface area contributed by atoms with Gasteiger partial charge in [-0.2, -0.15) is 0 Å². The SMILES string of the molecule is COc1ccc(S(=O)(=O)NCc2cccc(CN3CCCCC3)c2)cc1I. The van der Waals surface area contributed by atoms with E-state index in [-0.39, 0.29) is 11.4 Å². The van der Waals surface area contributed by atoms with Gasteiger partial charge in [0.1, 0.15) is 5.75 Å². The minimum atomic E-state index is -3.57. The molecule has 1 fully saturated rings. The van der Waals surface area contributed by atoms with Crippen LogP contribution in [0.2, 0.25) is 0 Å². The smallest absolute Gasteiger partial charge is 0.240 e. The minimum absolute atomic E-state index is 0.247. The molecule has 0 amide bonds. The first-order valence-electron chi connectivity index (χ1n) is 9.11. The normalized spacial score (nSPS) is 15.6. The lowest BCUT2D eigenvalue weighted by atomic mass is 10.1. The molecule has 5 nitrogen and oxygen atoms in total. The van der Waals surface area contributed by atoms with Crippen molar-refractivity contribution in [2.75, 3.05) is 20.2 Å². The second-order valence-corrected chi connectivity index (χ2v) is 9.71. The van der Waals surface area contributed by atoms with E-state index in [1.165, 1.54) is 24.8 Å². The molecule has 0 aliphatic carbocycles. The average Bonchev–Trinajstić information content (AvgIpc) is 2.67. The highest BCUT2D eigenvalue weighted by Gasteiger charge is 2.16. The highest BCUT2D eigenvalue weighted by atomic mass is 127. The van der Waals surface area contributed by atoms with Crippen LogP contribution in [0.15, 0.2) is 47.4 Å². The molecule has 0 unspecified atom stereocenters. The Labute approximate surface area is 175 Å². The number of rotatable bonds is 7. The summed E-state index contributed by atoms with van der Waals surface area (Å²) >= 11 is 2.07. The zero-order valence-electron chi connectivity index (χ0n) is 15.4. The molecule has 0 radical (unpaired) electrons. The summed E-state index contributed by atoms with van der Waals surface area (Å²) in [5.41, 5.74) is 2.20. The lowest BCUT2D eigenvalue weighted by molar-refractivity contribution is 0.221. The quantitative estimate of drug-likeness (QED) is 0.589. The first-order valence-corrected chi connectivity index (χ1v) is 11.7. The molecule has 2 aromatic rings. The van der Waals surface area contributed by atoms with Gasteiger partial charge in [0, 0.05) is 13.1 Å². The van der Waals surface area contributed by atoms with Crippen LogP contribution in [-0.2, 0) is 23.1 Å². The van der Waals surface area contributed by atoms with Crippen molar-refractivity contribution in [1.82, 2.24) is 9.62 Å². The number of piperidine rings is 1. The Hall–Kier alpha value is -1.16. The van der Waals surface area contributed by atoms with Gasteiger partial charge >= 0.3 is 0 Å². The molecule has 1 aliphatic rings. The summed E-state index contributed by atoms with van der Waals surface area (Å²) < 4.78 is 33.8. The summed E-state index contributed by atoms with van der Waals surface area (Å²) in [7, 11) is -2.00. The van der Waals surface area contributed by atoms with Gasteiger partial charge in [-0.15, -0.1) is 0 Å². The third-order valence-electron chi connectivity index (χ3n) is 4.75. The lowest BCUT2D eigenvalue weighted by Gasteiger charge is -2.26. The molecule has 1 saturated heterocycles. The van der Waals surface area contributed by atoms with Crippen molar-refractivity contribution in [3.63, 3.8) is 0 Å². The number of likely N-dealkylation sites (tertiary alicyclic amines) is 1. The van der Waals surface area contributed by atoms with E-state index < -0.39 is 10.0 Å². The van der Waals surface area contributed by atoms with Crippen LogP contribution in [0.1, 0.15) is 30.4 Å². The van der Waals surface area contributed by atoms with E-state index in [9.17, 15) is 8.42 Å². The molecule has 146 valence electrons. The van der Waals surface area contributed by atoms with Gasteiger partial charge in [0.2, 0.25) is 10.0 Å². The van der Waals surface area contributed by atoms with E-state index in [0.717, 1.165) is 28.8 Å². The number of benzene rings is 2. The lowest BCUT2D eigenvalue weighted by Crippen LogP contribution is -2.29. The summed E-state index contributed by atoms with van der Waals surface area (Å²) in [6, 6.07) is 13.0. The highest BCUT2D eigenvalue weighted by molar-refractivity contribution is 14.1. The van der Waals surface area contributed by atoms with Gasteiger partial charge in [0.25, 0.3) is 0 Å². The van der Waals surface area contributed by atoms with E-state index >= 15 is 0 Å². The van der Waals surface area contributed by atoms with E-state index in [2.05, 4.69) is 44.3 Å². The molecule has 0 aromatic heterocycles. The number of halogens is 1. The molecule has 1 heterocycles. The molecule has 0 saturated carbocycles. The van der Waals surface area contributed by atoms with Crippen LogP contribution < -0.4 is 9.46 Å². The zero-order chi connectivity index (χ0) is 19.3. The van der Waals surface area contributed by atoms with Crippen LogP contribution in [0.4, 0.5) is 0 Å². The molecule has 1 N–H and O–H groups in total. The van der Waals surface area contributed by atoms with Gasteiger partial charge in [-0.1, -0.05) is 30.7 Å². The Kier molecular flexibility index (Phi) is 7.13. The molecule has 0 atom stereocenters. The van der Waals surface area contributed by atoms with Gasteiger partial charge in [-0.05, 0) is 77.8 Å². The topological polar surface area (TPSA) is 58.6 Å². The predicted octanol–water partition coefficient (Wildman–Crippen LogP) is 3.76. The summed E-state index contributed by atoms with van der Waals surface area (Å²) in [4.78, 5) is 2.71. The van der Waals surface area contributed by atoms with Crippen molar-refractivity contribution >= 4 is 32.6 Å². The molecule has 27 heavy (non-hydrogen) atoms. The molecule has 3 rings (SSSR count). The van der Waals surface area contributed by atoms with Crippen molar-refractivity contribution in [3.8, 4) is 5.75 Å².